The average molecular weight is 326 g/mol. The Kier molecular flexibility index (Phi) is 5.59. The van der Waals surface area contributed by atoms with Gasteiger partial charge in [0.1, 0.15) is 11.7 Å². The third-order valence-electron chi connectivity index (χ3n) is 6.63. The Hall–Kier alpha value is -0.450. The van der Waals surface area contributed by atoms with Crippen molar-refractivity contribution in [2.24, 2.45) is 23.2 Å². The van der Waals surface area contributed by atoms with Gasteiger partial charge in [-0.05, 0) is 69.1 Å². The van der Waals surface area contributed by atoms with Crippen molar-refractivity contribution in [2.45, 2.75) is 84.0 Å². The molecule has 0 aliphatic heterocycles. The quantitative estimate of drug-likeness (QED) is 0.787. The molecule has 2 rings (SSSR count). The van der Waals surface area contributed by atoms with Gasteiger partial charge in [-0.25, -0.2) is 0 Å². The number of rotatable bonds is 6. The average Bonchev–Trinajstić information content (AvgIpc) is 2.82. The molecule has 0 spiro atoms. The molecule has 0 aromatic carbocycles. The Labute approximate surface area is 140 Å². The normalized spacial score (nSPS) is 37.3. The second-order valence-corrected chi connectivity index (χ2v) is 8.61. The highest BCUT2D eigenvalue weighted by molar-refractivity contribution is 5.89. The number of hydrogen-bond donors (Lipinski definition) is 2. The van der Waals surface area contributed by atoms with Gasteiger partial charge in [0, 0.05) is 7.11 Å². The van der Waals surface area contributed by atoms with Gasteiger partial charge in [0.15, 0.2) is 5.78 Å². The maximum absolute atomic E-state index is 12.1. The van der Waals surface area contributed by atoms with Crippen LogP contribution < -0.4 is 0 Å². The zero-order valence-corrected chi connectivity index (χ0v) is 15.3. The molecule has 4 unspecified atom stereocenters. The van der Waals surface area contributed by atoms with E-state index in [1.165, 1.54) is 33.1 Å². The minimum Gasteiger partial charge on any atom is -0.385 e. The van der Waals surface area contributed by atoms with Crippen molar-refractivity contribution in [1.29, 1.82) is 0 Å². The molecule has 4 heteroatoms. The highest BCUT2D eigenvalue weighted by Gasteiger charge is 2.53. The number of ether oxygens (including phenoxy) is 1. The van der Waals surface area contributed by atoms with E-state index < -0.39 is 17.5 Å². The van der Waals surface area contributed by atoms with E-state index in [4.69, 9.17) is 4.74 Å². The van der Waals surface area contributed by atoms with Gasteiger partial charge < -0.3 is 14.9 Å². The maximum atomic E-state index is 12.1. The minimum absolute atomic E-state index is 0.246. The number of hydrogen-bond acceptors (Lipinski definition) is 4. The minimum atomic E-state index is -1.47. The summed E-state index contributed by atoms with van der Waals surface area (Å²) in [4.78, 5) is 12.1. The van der Waals surface area contributed by atoms with E-state index >= 15 is 0 Å². The first-order valence-electron chi connectivity index (χ1n) is 9.08. The van der Waals surface area contributed by atoms with Crippen LogP contribution in [0, 0.1) is 23.2 Å². The Morgan fingerprint density at radius 1 is 1.35 bits per heavy atom. The summed E-state index contributed by atoms with van der Waals surface area (Å²) < 4.78 is 5.73. The Balaban J connectivity index is 2.05. The van der Waals surface area contributed by atoms with Crippen molar-refractivity contribution < 1.29 is 19.7 Å². The predicted molar refractivity (Wildman–Crippen MR) is 90.1 cm³/mol. The van der Waals surface area contributed by atoms with Crippen LogP contribution in [0.4, 0.5) is 0 Å². The van der Waals surface area contributed by atoms with E-state index in [1.807, 2.05) is 7.11 Å². The number of carbonyl (C=O) groups is 1. The summed E-state index contributed by atoms with van der Waals surface area (Å²) in [6.45, 7) is 7.41. The van der Waals surface area contributed by atoms with E-state index in [-0.39, 0.29) is 11.3 Å². The second kappa shape index (κ2) is 6.81. The number of aliphatic hydroxyl groups excluding tert-OH is 1. The number of aliphatic hydroxyl groups is 2. The molecule has 2 aliphatic carbocycles. The van der Waals surface area contributed by atoms with Crippen molar-refractivity contribution in [3.63, 3.8) is 0 Å². The summed E-state index contributed by atoms with van der Waals surface area (Å²) in [5.74, 6) is 0.898. The maximum Gasteiger partial charge on any atom is 0.192 e. The van der Waals surface area contributed by atoms with E-state index in [1.54, 1.807) is 0 Å². The molecule has 0 amide bonds. The lowest BCUT2D eigenvalue weighted by molar-refractivity contribution is -0.144. The molecular weight excluding hydrogens is 292 g/mol. The van der Waals surface area contributed by atoms with Gasteiger partial charge >= 0.3 is 0 Å². The van der Waals surface area contributed by atoms with Gasteiger partial charge in [-0.15, -0.1) is 0 Å². The molecule has 2 fully saturated rings. The molecule has 0 heterocycles. The van der Waals surface area contributed by atoms with Crippen molar-refractivity contribution in [3.05, 3.63) is 0 Å². The van der Waals surface area contributed by atoms with Crippen LogP contribution in [0.15, 0.2) is 0 Å². The van der Waals surface area contributed by atoms with Crippen LogP contribution in [0.1, 0.15) is 66.2 Å². The highest BCUT2D eigenvalue weighted by Crippen LogP contribution is 2.58. The molecule has 2 N–H and O–H groups in total. The molecule has 2 saturated carbocycles. The van der Waals surface area contributed by atoms with Gasteiger partial charge in [0.25, 0.3) is 0 Å². The molecule has 0 radical (unpaired) electrons. The molecule has 0 aromatic rings. The van der Waals surface area contributed by atoms with Crippen LogP contribution in [-0.2, 0) is 9.53 Å². The van der Waals surface area contributed by atoms with E-state index in [9.17, 15) is 15.0 Å². The van der Waals surface area contributed by atoms with Gasteiger partial charge in [-0.1, -0.05) is 20.3 Å². The number of methoxy groups -OCH3 is 1. The van der Waals surface area contributed by atoms with Crippen molar-refractivity contribution in [3.8, 4) is 0 Å². The lowest BCUT2D eigenvalue weighted by Gasteiger charge is -2.46. The summed E-state index contributed by atoms with van der Waals surface area (Å²) in [5.41, 5.74) is -1.22. The predicted octanol–water partition coefficient (Wildman–Crippen LogP) is 2.94. The first-order chi connectivity index (χ1) is 10.6. The number of carbonyl (C=O) groups excluding carboxylic acids is 1. The van der Waals surface area contributed by atoms with Gasteiger partial charge in [0.05, 0.1) is 6.10 Å². The first-order valence-corrected chi connectivity index (χ1v) is 9.08. The molecule has 0 aromatic heterocycles. The fraction of sp³-hybridized carbons (Fsp3) is 0.947. The van der Waals surface area contributed by atoms with Crippen LogP contribution in [0.5, 0.6) is 0 Å². The Morgan fingerprint density at radius 2 is 2.00 bits per heavy atom. The van der Waals surface area contributed by atoms with E-state index in [0.29, 0.717) is 24.4 Å². The summed E-state index contributed by atoms with van der Waals surface area (Å²) in [6, 6.07) is 0. The van der Waals surface area contributed by atoms with E-state index in [2.05, 4.69) is 13.8 Å². The summed E-state index contributed by atoms with van der Waals surface area (Å²) in [5, 5.41) is 20.0. The monoisotopic (exact) mass is 326 g/mol. The van der Waals surface area contributed by atoms with Crippen molar-refractivity contribution in [2.75, 3.05) is 7.11 Å². The van der Waals surface area contributed by atoms with Gasteiger partial charge in [-0.3, -0.25) is 4.79 Å². The van der Waals surface area contributed by atoms with Crippen LogP contribution >= 0.6 is 0 Å². The zero-order chi connectivity index (χ0) is 17.4. The topological polar surface area (TPSA) is 66.8 Å². The number of fused-ring (bicyclic) bond motifs is 1. The van der Waals surface area contributed by atoms with Crippen LogP contribution in [0.25, 0.3) is 0 Å². The number of ketones is 1. The summed E-state index contributed by atoms with van der Waals surface area (Å²) in [7, 11) is 1.82. The smallest absolute Gasteiger partial charge is 0.192 e. The molecule has 6 atom stereocenters. The highest BCUT2D eigenvalue weighted by atomic mass is 16.5. The Morgan fingerprint density at radius 3 is 2.57 bits per heavy atom. The fourth-order valence-corrected chi connectivity index (χ4v) is 5.41. The largest absolute Gasteiger partial charge is 0.385 e. The fourth-order valence-electron chi connectivity index (χ4n) is 5.41. The third kappa shape index (κ3) is 3.64. The molecular formula is C19H34O4. The zero-order valence-electron chi connectivity index (χ0n) is 15.3. The molecule has 0 saturated heterocycles. The SMILES string of the molecule is COC1CCC[C@@]2(C)C1CC[C@@H]2C(C)CC(O)C(=O)C(C)(C)O. The summed E-state index contributed by atoms with van der Waals surface area (Å²) >= 11 is 0. The van der Waals surface area contributed by atoms with Gasteiger partial charge in [-0.2, -0.15) is 0 Å². The second-order valence-electron chi connectivity index (χ2n) is 8.61. The molecule has 23 heavy (non-hydrogen) atoms. The van der Waals surface area contributed by atoms with Crippen LogP contribution in [0.2, 0.25) is 0 Å². The van der Waals surface area contributed by atoms with Gasteiger partial charge in [0.2, 0.25) is 0 Å². The molecule has 2 aliphatic rings. The van der Waals surface area contributed by atoms with Crippen molar-refractivity contribution >= 4 is 5.78 Å². The standard InChI is InChI=1S/C19H34O4/c1-12(11-15(20)17(21)18(2,3)22)13-8-9-14-16(23-5)7-6-10-19(13,14)4/h12-16,20,22H,6-11H2,1-5H3/t12?,13-,14?,15?,16?,19-/m1/s1. The summed E-state index contributed by atoms with van der Waals surface area (Å²) in [6.07, 6.45) is 5.60. The van der Waals surface area contributed by atoms with E-state index in [0.717, 1.165) is 12.8 Å². The first kappa shape index (κ1) is 18.9. The molecule has 0 bridgehead atoms. The number of Topliss-reactive ketones (excluding diaryl/α,β-unsaturated/α-hetero) is 1. The molecule has 134 valence electrons. The third-order valence-corrected chi connectivity index (χ3v) is 6.63. The van der Waals surface area contributed by atoms with Crippen LogP contribution in [0.3, 0.4) is 0 Å². The lowest BCUT2D eigenvalue weighted by Crippen LogP contribution is -2.44. The lowest BCUT2D eigenvalue weighted by atomic mass is 9.61. The van der Waals surface area contributed by atoms with Crippen LogP contribution in [-0.4, -0.2) is 40.9 Å². The molecule has 4 nitrogen and oxygen atoms in total. The Bertz CT molecular complexity index is 428. The van der Waals surface area contributed by atoms with Crippen molar-refractivity contribution in [1.82, 2.24) is 0 Å².